The number of rotatable bonds is 9. The molecule has 1 aliphatic heterocycles. The van der Waals surface area contributed by atoms with E-state index in [2.05, 4.69) is 21.9 Å². The highest BCUT2D eigenvalue weighted by Gasteiger charge is 2.32. The highest BCUT2D eigenvalue weighted by atomic mass is 16.5. The fourth-order valence-corrected chi connectivity index (χ4v) is 4.46. The minimum Gasteiger partial charge on any atom is -0.497 e. The van der Waals surface area contributed by atoms with Crippen molar-refractivity contribution in [3.63, 3.8) is 0 Å². The van der Waals surface area contributed by atoms with E-state index in [4.69, 9.17) is 13.9 Å². The second-order valence-corrected chi connectivity index (χ2v) is 8.22. The van der Waals surface area contributed by atoms with Crippen molar-refractivity contribution in [1.82, 2.24) is 4.90 Å². The van der Waals surface area contributed by atoms with Crippen molar-refractivity contribution in [1.29, 1.82) is 0 Å². The van der Waals surface area contributed by atoms with Gasteiger partial charge in [-0.05, 0) is 43.7 Å². The van der Waals surface area contributed by atoms with Gasteiger partial charge in [0, 0.05) is 36.6 Å². The molecule has 1 saturated carbocycles. The third-order valence-electron chi connectivity index (χ3n) is 6.20. The molecule has 2 fully saturated rings. The van der Waals surface area contributed by atoms with Crippen LogP contribution < -0.4 is 10.1 Å². The SMILES string of the molecule is C=N/C(=C\N1CCOCC1)C(Nc1cccc(OC)c1)C(=O)c1occc1C1CCCC1. The number of methoxy groups -OCH3 is 1. The van der Waals surface area contributed by atoms with Crippen molar-refractivity contribution < 1.29 is 18.7 Å². The first-order chi connectivity index (χ1) is 15.7. The molecule has 170 valence electrons. The quantitative estimate of drug-likeness (QED) is 0.460. The maximum atomic E-state index is 13.8. The summed E-state index contributed by atoms with van der Waals surface area (Å²) in [5.41, 5.74) is 2.31. The molecule has 1 aliphatic carbocycles. The van der Waals surface area contributed by atoms with Crippen LogP contribution in [0.5, 0.6) is 5.75 Å². The van der Waals surface area contributed by atoms with Gasteiger partial charge >= 0.3 is 0 Å². The lowest BCUT2D eigenvalue weighted by Gasteiger charge is -2.27. The second-order valence-electron chi connectivity index (χ2n) is 8.22. The fourth-order valence-electron chi connectivity index (χ4n) is 4.46. The largest absolute Gasteiger partial charge is 0.497 e. The normalized spacial score (nSPS) is 18.4. The van der Waals surface area contributed by atoms with Crippen LogP contribution in [-0.2, 0) is 4.74 Å². The van der Waals surface area contributed by atoms with Crippen LogP contribution in [0.25, 0.3) is 0 Å². The van der Waals surface area contributed by atoms with E-state index in [1.165, 1.54) is 12.8 Å². The van der Waals surface area contributed by atoms with Crippen LogP contribution in [0.1, 0.15) is 47.7 Å². The third-order valence-corrected chi connectivity index (χ3v) is 6.20. The van der Waals surface area contributed by atoms with E-state index in [-0.39, 0.29) is 5.78 Å². The number of benzene rings is 1. The lowest BCUT2D eigenvalue weighted by Crippen LogP contribution is -2.36. The Bertz CT molecular complexity index is 956. The van der Waals surface area contributed by atoms with E-state index >= 15 is 0 Å². The molecule has 4 rings (SSSR count). The van der Waals surface area contributed by atoms with Crippen molar-refractivity contribution in [2.45, 2.75) is 37.6 Å². The Hall–Kier alpha value is -3.06. The van der Waals surface area contributed by atoms with Gasteiger partial charge in [-0.25, -0.2) is 0 Å². The van der Waals surface area contributed by atoms with Crippen LogP contribution in [-0.4, -0.2) is 56.9 Å². The number of hydrogen-bond acceptors (Lipinski definition) is 7. The van der Waals surface area contributed by atoms with Crippen LogP contribution >= 0.6 is 0 Å². The number of ether oxygens (including phenoxy) is 2. The van der Waals surface area contributed by atoms with Crippen LogP contribution in [0, 0.1) is 0 Å². The molecule has 1 N–H and O–H groups in total. The van der Waals surface area contributed by atoms with Crippen LogP contribution in [0.4, 0.5) is 5.69 Å². The molecule has 0 bridgehead atoms. The number of aliphatic imine (C=N–C) groups is 1. The van der Waals surface area contributed by atoms with Crippen molar-refractivity contribution >= 4 is 18.2 Å². The minimum atomic E-state index is -0.742. The standard InChI is InChI=1S/C25H31N3O4/c1-26-22(17-28-11-14-31-15-12-28)23(27-19-8-5-9-20(16-19)30-2)24(29)25-21(10-13-32-25)18-6-3-4-7-18/h5,8-10,13,16-18,23,27H,1,3-4,6-7,11-12,14-15H2,2H3/b22-17-. The van der Waals surface area contributed by atoms with E-state index in [1.54, 1.807) is 13.4 Å². The van der Waals surface area contributed by atoms with Gasteiger partial charge in [0.05, 0.1) is 32.3 Å². The number of morpholine rings is 1. The van der Waals surface area contributed by atoms with E-state index in [0.717, 1.165) is 37.2 Å². The van der Waals surface area contributed by atoms with Gasteiger partial charge in [-0.1, -0.05) is 18.9 Å². The molecule has 7 nitrogen and oxygen atoms in total. The van der Waals surface area contributed by atoms with E-state index < -0.39 is 6.04 Å². The minimum absolute atomic E-state index is 0.147. The molecule has 2 aliphatic rings. The molecule has 1 aromatic carbocycles. The van der Waals surface area contributed by atoms with Gasteiger partial charge in [0.15, 0.2) is 5.76 Å². The maximum absolute atomic E-state index is 13.8. The highest BCUT2D eigenvalue weighted by Crippen LogP contribution is 2.37. The number of furan rings is 1. The number of nitrogens with zero attached hydrogens (tertiary/aromatic N) is 2. The lowest BCUT2D eigenvalue weighted by atomic mass is 9.94. The average molecular weight is 438 g/mol. The molecule has 2 aromatic rings. The van der Waals surface area contributed by atoms with Gasteiger partial charge < -0.3 is 24.1 Å². The Kier molecular flexibility index (Phi) is 7.27. The number of carbonyl (C=O) groups excluding carboxylic acids is 1. The number of hydrogen-bond donors (Lipinski definition) is 1. The predicted octanol–water partition coefficient (Wildman–Crippen LogP) is 4.48. The summed E-state index contributed by atoms with van der Waals surface area (Å²) in [5, 5.41) is 3.35. The Balaban J connectivity index is 1.67. The summed E-state index contributed by atoms with van der Waals surface area (Å²) < 4.78 is 16.5. The summed E-state index contributed by atoms with van der Waals surface area (Å²) in [6.45, 7) is 6.54. The number of carbonyl (C=O) groups is 1. The highest BCUT2D eigenvalue weighted by molar-refractivity contribution is 6.03. The molecule has 1 aromatic heterocycles. The Labute approximate surface area is 189 Å². The molecule has 32 heavy (non-hydrogen) atoms. The van der Waals surface area contributed by atoms with Crippen LogP contribution in [0.3, 0.4) is 0 Å². The van der Waals surface area contributed by atoms with Crippen molar-refractivity contribution in [3.8, 4) is 5.75 Å². The lowest BCUT2D eigenvalue weighted by molar-refractivity contribution is 0.0588. The molecule has 0 amide bonds. The number of anilines is 1. The zero-order valence-electron chi connectivity index (χ0n) is 18.6. The monoisotopic (exact) mass is 437 g/mol. The summed E-state index contributed by atoms with van der Waals surface area (Å²) in [6, 6.07) is 8.70. The Morgan fingerprint density at radius 1 is 1.28 bits per heavy atom. The van der Waals surface area contributed by atoms with Crippen LogP contribution in [0.2, 0.25) is 0 Å². The first kappa shape index (κ1) is 22.1. The first-order valence-electron chi connectivity index (χ1n) is 11.2. The summed E-state index contributed by atoms with van der Waals surface area (Å²) in [5.74, 6) is 1.34. The molecule has 1 saturated heterocycles. The van der Waals surface area contributed by atoms with Gasteiger partial charge in [-0.15, -0.1) is 0 Å². The molecular formula is C25H31N3O4. The second kappa shape index (κ2) is 10.5. The van der Waals surface area contributed by atoms with E-state index in [1.807, 2.05) is 36.5 Å². The molecule has 0 radical (unpaired) electrons. The molecule has 1 atom stereocenters. The Morgan fingerprint density at radius 2 is 2.06 bits per heavy atom. The first-order valence-corrected chi connectivity index (χ1v) is 11.2. The average Bonchev–Trinajstić information content (AvgIpc) is 3.53. The van der Waals surface area contributed by atoms with E-state index in [9.17, 15) is 4.79 Å². The topological polar surface area (TPSA) is 76.3 Å². The number of Topliss-reactive ketones (excluding diaryl/α,β-unsaturated/α-hetero) is 1. The summed E-state index contributed by atoms with van der Waals surface area (Å²) in [4.78, 5) is 20.2. The molecule has 1 unspecified atom stereocenters. The summed E-state index contributed by atoms with van der Waals surface area (Å²) in [7, 11) is 1.62. The summed E-state index contributed by atoms with van der Waals surface area (Å²) in [6.07, 6.45) is 8.07. The van der Waals surface area contributed by atoms with Crippen molar-refractivity contribution in [3.05, 3.63) is 59.8 Å². The zero-order chi connectivity index (χ0) is 22.3. The van der Waals surface area contributed by atoms with Crippen molar-refractivity contribution in [2.24, 2.45) is 4.99 Å². The van der Waals surface area contributed by atoms with Gasteiger partial charge in [0.1, 0.15) is 11.8 Å². The van der Waals surface area contributed by atoms with Gasteiger partial charge in [-0.2, -0.15) is 0 Å². The molecule has 7 heteroatoms. The smallest absolute Gasteiger partial charge is 0.226 e. The van der Waals surface area contributed by atoms with Gasteiger partial charge in [0.2, 0.25) is 5.78 Å². The molecular weight excluding hydrogens is 406 g/mol. The number of ketones is 1. The van der Waals surface area contributed by atoms with Crippen LogP contribution in [0.15, 0.2) is 57.9 Å². The van der Waals surface area contributed by atoms with Gasteiger partial charge in [-0.3, -0.25) is 9.79 Å². The third kappa shape index (κ3) is 5.05. The molecule has 2 heterocycles. The van der Waals surface area contributed by atoms with Gasteiger partial charge in [0.25, 0.3) is 0 Å². The fraction of sp³-hybridized carbons (Fsp3) is 0.440. The molecule has 0 spiro atoms. The predicted molar refractivity (Wildman–Crippen MR) is 125 cm³/mol. The van der Waals surface area contributed by atoms with E-state index in [0.29, 0.717) is 36.3 Å². The summed E-state index contributed by atoms with van der Waals surface area (Å²) >= 11 is 0. The maximum Gasteiger partial charge on any atom is 0.226 e. The van der Waals surface area contributed by atoms with Crippen molar-refractivity contribution in [2.75, 3.05) is 38.7 Å². The number of nitrogens with one attached hydrogen (secondary N) is 1. The zero-order valence-corrected chi connectivity index (χ0v) is 18.6. The Morgan fingerprint density at radius 3 is 2.78 bits per heavy atom.